The quantitative estimate of drug-likeness (QED) is 0.242. The zero-order chi connectivity index (χ0) is 18.2. The second kappa shape index (κ2) is 11.9. The summed E-state index contributed by atoms with van der Waals surface area (Å²) in [6, 6.07) is 4.32. The number of guanidine groups is 1. The summed E-state index contributed by atoms with van der Waals surface area (Å²) in [6.07, 6.45) is 1.97. The van der Waals surface area contributed by atoms with Gasteiger partial charge in [0.2, 0.25) is 0 Å². The zero-order valence-electron chi connectivity index (χ0n) is 15.6. The highest BCUT2D eigenvalue weighted by Crippen LogP contribution is 2.29. The van der Waals surface area contributed by atoms with Crippen LogP contribution in [0.25, 0.3) is 10.6 Å². The summed E-state index contributed by atoms with van der Waals surface area (Å²) in [5, 5.41) is 6.43. The maximum Gasteiger partial charge on any atom is 0.188 e. The zero-order valence-corrected chi connectivity index (χ0v) is 19.6. The van der Waals surface area contributed by atoms with E-state index in [4.69, 9.17) is 10.5 Å². The molecule has 0 bridgehead atoms. The smallest absolute Gasteiger partial charge is 0.188 e. The van der Waals surface area contributed by atoms with E-state index < -0.39 is 0 Å². The third-order valence-electron chi connectivity index (χ3n) is 4.23. The van der Waals surface area contributed by atoms with Crippen LogP contribution in [0.1, 0.15) is 16.3 Å². The van der Waals surface area contributed by atoms with Gasteiger partial charge in [0.1, 0.15) is 0 Å². The fraction of sp³-hybridized carbons (Fsp3) is 0.556. The normalized spacial score (nSPS) is 15.5. The summed E-state index contributed by atoms with van der Waals surface area (Å²) in [7, 11) is 0. The summed E-state index contributed by atoms with van der Waals surface area (Å²) in [6.45, 7) is 8.42. The molecule has 0 aliphatic carbocycles. The number of ether oxygens (including phenoxy) is 1. The van der Waals surface area contributed by atoms with Crippen LogP contribution >= 0.6 is 46.7 Å². The van der Waals surface area contributed by atoms with Crippen LogP contribution in [0.2, 0.25) is 0 Å². The lowest BCUT2D eigenvalue weighted by Gasteiger charge is -2.26. The lowest BCUT2D eigenvalue weighted by atomic mass is 10.3. The van der Waals surface area contributed by atoms with E-state index in [2.05, 4.69) is 37.7 Å². The number of thiophene rings is 1. The van der Waals surface area contributed by atoms with E-state index in [0.717, 1.165) is 69.5 Å². The highest BCUT2D eigenvalue weighted by atomic mass is 127. The van der Waals surface area contributed by atoms with Crippen LogP contribution in [-0.4, -0.2) is 61.8 Å². The standard InChI is InChI=1S/C18H27N5OS2.HI/c1-14-22-16(13-25-14)17-4-3-15(26-17)5-7-21-18(19)20-6-2-8-23-9-11-24-12-10-23;/h3-4,13H,2,5-12H2,1H3,(H3,19,20,21);1H. The average molecular weight is 521 g/mol. The number of hydrogen-bond donors (Lipinski definition) is 2. The highest BCUT2D eigenvalue weighted by Gasteiger charge is 2.09. The molecule has 27 heavy (non-hydrogen) atoms. The van der Waals surface area contributed by atoms with Crippen LogP contribution in [0.15, 0.2) is 22.5 Å². The number of aromatic nitrogens is 1. The number of morpholine rings is 1. The molecule has 150 valence electrons. The van der Waals surface area contributed by atoms with Gasteiger partial charge in [-0.2, -0.15) is 0 Å². The Morgan fingerprint density at radius 3 is 2.93 bits per heavy atom. The van der Waals surface area contributed by atoms with E-state index in [1.54, 1.807) is 22.7 Å². The molecule has 1 saturated heterocycles. The SMILES string of the molecule is Cc1nc(-c2ccc(CCNC(N)=NCCCN3CCOCC3)s2)cs1.I. The Labute approximate surface area is 186 Å². The van der Waals surface area contributed by atoms with E-state index in [1.807, 2.05) is 6.92 Å². The Morgan fingerprint density at radius 1 is 1.37 bits per heavy atom. The molecule has 2 aromatic heterocycles. The number of nitrogens with zero attached hydrogens (tertiary/aromatic N) is 3. The molecule has 0 saturated carbocycles. The van der Waals surface area contributed by atoms with Gasteiger partial charge in [-0.25, -0.2) is 4.98 Å². The van der Waals surface area contributed by atoms with Crippen molar-refractivity contribution in [3.8, 4) is 10.6 Å². The molecule has 1 aliphatic heterocycles. The fourth-order valence-electron chi connectivity index (χ4n) is 2.81. The first-order chi connectivity index (χ1) is 12.7. The molecular weight excluding hydrogens is 493 g/mol. The molecule has 1 aliphatic rings. The van der Waals surface area contributed by atoms with Gasteiger partial charge in [0.05, 0.1) is 28.8 Å². The molecule has 0 atom stereocenters. The monoisotopic (exact) mass is 521 g/mol. The molecule has 0 unspecified atom stereocenters. The van der Waals surface area contributed by atoms with Crippen LogP contribution in [-0.2, 0) is 11.2 Å². The van der Waals surface area contributed by atoms with Crippen molar-refractivity contribution in [2.75, 3.05) is 45.9 Å². The Balaban J connectivity index is 0.00000261. The van der Waals surface area contributed by atoms with Crippen molar-refractivity contribution in [1.82, 2.24) is 15.2 Å². The Morgan fingerprint density at radius 2 is 2.19 bits per heavy atom. The average Bonchev–Trinajstić information content (AvgIpc) is 3.29. The Kier molecular flexibility index (Phi) is 9.98. The van der Waals surface area contributed by atoms with Crippen molar-refractivity contribution in [3.63, 3.8) is 0 Å². The number of halogens is 1. The lowest BCUT2D eigenvalue weighted by Crippen LogP contribution is -2.37. The first-order valence-electron chi connectivity index (χ1n) is 9.06. The maximum atomic E-state index is 5.96. The Hall–Kier alpha value is -0.750. The van der Waals surface area contributed by atoms with Crippen molar-refractivity contribution in [1.29, 1.82) is 0 Å². The van der Waals surface area contributed by atoms with Crippen LogP contribution in [0.5, 0.6) is 0 Å². The summed E-state index contributed by atoms with van der Waals surface area (Å²) in [4.78, 5) is 13.9. The second-order valence-electron chi connectivity index (χ2n) is 6.27. The lowest BCUT2D eigenvalue weighted by molar-refractivity contribution is 0.0377. The summed E-state index contributed by atoms with van der Waals surface area (Å²) in [5.74, 6) is 0.541. The van der Waals surface area contributed by atoms with Gasteiger partial charge in [0, 0.05) is 43.0 Å². The van der Waals surface area contributed by atoms with Crippen molar-refractivity contribution in [2.45, 2.75) is 19.8 Å². The molecule has 2 aromatic rings. The van der Waals surface area contributed by atoms with Crippen LogP contribution in [0.4, 0.5) is 0 Å². The number of hydrogen-bond acceptors (Lipinski definition) is 6. The third kappa shape index (κ3) is 7.65. The molecular formula is C18H28IN5OS2. The molecule has 0 spiro atoms. The number of nitrogens with one attached hydrogen (secondary N) is 1. The van der Waals surface area contributed by atoms with Gasteiger partial charge in [-0.3, -0.25) is 9.89 Å². The maximum absolute atomic E-state index is 5.96. The first-order valence-corrected chi connectivity index (χ1v) is 10.8. The van der Waals surface area contributed by atoms with Crippen LogP contribution in [0, 0.1) is 6.92 Å². The molecule has 0 radical (unpaired) electrons. The predicted octanol–water partition coefficient (Wildman–Crippen LogP) is 2.97. The van der Waals surface area contributed by atoms with E-state index in [1.165, 1.54) is 9.75 Å². The van der Waals surface area contributed by atoms with Gasteiger partial charge >= 0.3 is 0 Å². The van der Waals surface area contributed by atoms with Gasteiger partial charge in [-0.15, -0.1) is 46.7 Å². The molecule has 0 amide bonds. The largest absolute Gasteiger partial charge is 0.379 e. The van der Waals surface area contributed by atoms with Crippen molar-refractivity contribution < 1.29 is 4.74 Å². The van der Waals surface area contributed by atoms with Gasteiger partial charge < -0.3 is 15.8 Å². The number of nitrogens with two attached hydrogens (primary N) is 1. The van der Waals surface area contributed by atoms with Crippen molar-refractivity contribution in [2.24, 2.45) is 10.7 Å². The minimum atomic E-state index is 0. The molecule has 3 N–H and O–H groups in total. The topological polar surface area (TPSA) is 75.8 Å². The fourth-order valence-corrected chi connectivity index (χ4v) is 4.47. The van der Waals surface area contributed by atoms with Gasteiger partial charge in [-0.05, 0) is 31.9 Å². The van der Waals surface area contributed by atoms with E-state index in [-0.39, 0.29) is 24.0 Å². The van der Waals surface area contributed by atoms with Gasteiger partial charge in [0.15, 0.2) is 5.96 Å². The summed E-state index contributed by atoms with van der Waals surface area (Å²) < 4.78 is 5.35. The molecule has 1 fully saturated rings. The van der Waals surface area contributed by atoms with Crippen molar-refractivity contribution >= 4 is 52.6 Å². The molecule has 6 nitrogen and oxygen atoms in total. The highest BCUT2D eigenvalue weighted by molar-refractivity contribution is 14.0. The third-order valence-corrected chi connectivity index (χ3v) is 6.17. The first kappa shape index (κ1) is 22.5. The number of thiazole rings is 1. The molecule has 3 rings (SSSR count). The van der Waals surface area contributed by atoms with E-state index in [9.17, 15) is 0 Å². The van der Waals surface area contributed by atoms with Gasteiger partial charge in [-0.1, -0.05) is 0 Å². The minimum Gasteiger partial charge on any atom is -0.379 e. The van der Waals surface area contributed by atoms with Crippen LogP contribution < -0.4 is 11.1 Å². The predicted molar refractivity (Wildman–Crippen MR) is 126 cm³/mol. The summed E-state index contributed by atoms with van der Waals surface area (Å²) >= 11 is 3.49. The second-order valence-corrected chi connectivity index (χ2v) is 8.50. The summed E-state index contributed by atoms with van der Waals surface area (Å²) in [5.41, 5.74) is 7.04. The molecule has 3 heterocycles. The number of aliphatic imine (C=N–C) groups is 1. The number of rotatable bonds is 8. The van der Waals surface area contributed by atoms with Crippen molar-refractivity contribution in [3.05, 3.63) is 27.4 Å². The number of aryl methyl sites for hydroxylation is 1. The molecule has 0 aromatic carbocycles. The minimum absolute atomic E-state index is 0. The molecule has 9 heteroatoms. The van der Waals surface area contributed by atoms with E-state index in [0.29, 0.717) is 5.96 Å². The Bertz CT molecular complexity index is 712. The van der Waals surface area contributed by atoms with Gasteiger partial charge in [0.25, 0.3) is 0 Å². The van der Waals surface area contributed by atoms with E-state index >= 15 is 0 Å². The van der Waals surface area contributed by atoms with Crippen LogP contribution in [0.3, 0.4) is 0 Å².